The minimum absolute atomic E-state index is 0.357. The number of nitrogens with zero attached hydrogens (tertiary/aromatic N) is 5. The van der Waals surface area contributed by atoms with E-state index in [1.807, 2.05) is 18.2 Å². The number of pyridine rings is 1. The normalized spacial score (nSPS) is 19.0. The summed E-state index contributed by atoms with van der Waals surface area (Å²) >= 11 is 6.30. The fourth-order valence-electron chi connectivity index (χ4n) is 4.17. The lowest BCUT2D eigenvalue weighted by atomic mass is 9.85. The summed E-state index contributed by atoms with van der Waals surface area (Å²) in [6.07, 6.45) is 2.74. The van der Waals surface area contributed by atoms with Gasteiger partial charge in [-0.2, -0.15) is 4.68 Å². The van der Waals surface area contributed by atoms with E-state index in [0.29, 0.717) is 22.3 Å². The van der Waals surface area contributed by atoms with Crippen molar-refractivity contribution in [1.82, 2.24) is 25.2 Å². The summed E-state index contributed by atoms with van der Waals surface area (Å²) in [4.78, 5) is 4.27. The van der Waals surface area contributed by atoms with E-state index in [1.54, 1.807) is 47.4 Å². The lowest BCUT2D eigenvalue weighted by Gasteiger charge is -2.38. The fraction of sp³-hybridized carbons (Fsp3) is 0.0909. The topological polar surface area (TPSA) is 77.8 Å². The minimum Gasteiger partial charge on any atom is -0.480 e. The van der Waals surface area contributed by atoms with Gasteiger partial charge in [-0.3, -0.25) is 4.98 Å². The van der Waals surface area contributed by atoms with Gasteiger partial charge in [0, 0.05) is 34.1 Å². The predicted molar refractivity (Wildman–Crippen MR) is 112 cm³/mol. The molecule has 0 saturated carbocycles. The molecule has 0 aliphatic carbocycles. The molecule has 9 heteroatoms. The lowest BCUT2D eigenvalue weighted by molar-refractivity contribution is 0.217. The van der Waals surface area contributed by atoms with Crippen molar-refractivity contribution in [3.8, 4) is 5.75 Å². The molecule has 2 aliphatic heterocycles. The van der Waals surface area contributed by atoms with Crippen LogP contribution >= 0.6 is 11.6 Å². The number of tetrazole rings is 1. The lowest BCUT2D eigenvalue weighted by Crippen LogP contribution is -2.32. The molecule has 0 spiro atoms. The quantitative estimate of drug-likeness (QED) is 0.505. The highest BCUT2D eigenvalue weighted by Gasteiger charge is 2.42. The number of benzene rings is 2. The number of fused-ring (bicyclic) bond motifs is 3. The second kappa shape index (κ2) is 6.88. The van der Waals surface area contributed by atoms with Crippen LogP contribution in [-0.4, -0.2) is 25.2 Å². The van der Waals surface area contributed by atoms with Crippen LogP contribution < -0.4 is 10.1 Å². The molecular formula is C22H14ClFN6O. The van der Waals surface area contributed by atoms with Gasteiger partial charge in [0.2, 0.25) is 5.95 Å². The summed E-state index contributed by atoms with van der Waals surface area (Å²) in [7, 11) is 0. The van der Waals surface area contributed by atoms with E-state index in [-0.39, 0.29) is 5.82 Å². The van der Waals surface area contributed by atoms with Crippen LogP contribution in [0.25, 0.3) is 5.70 Å². The number of halogens is 2. The second-order valence-corrected chi connectivity index (χ2v) is 7.69. The minimum atomic E-state index is -0.708. The number of nitrogens with one attached hydrogen (secondary N) is 1. The zero-order valence-corrected chi connectivity index (χ0v) is 16.7. The first kappa shape index (κ1) is 18.0. The summed E-state index contributed by atoms with van der Waals surface area (Å²) in [5.41, 5.74) is 3.54. The van der Waals surface area contributed by atoms with E-state index in [9.17, 15) is 4.39 Å². The standard InChI is InChI=1S/C22H14ClFN6O/c23-13-7-8-17-15(10-13)19-18(21(31-17)14-5-1-2-6-16(14)24)20(12-4-3-9-25-11-12)30-22(26-19)27-28-29-30/h1-11,20-21H,(H,26,27,29)/t20-,21+/m1/s1. The Bertz CT molecular complexity index is 1340. The van der Waals surface area contributed by atoms with Crippen molar-refractivity contribution in [2.24, 2.45) is 0 Å². The molecule has 31 heavy (non-hydrogen) atoms. The Balaban J connectivity index is 1.66. The highest BCUT2D eigenvalue weighted by atomic mass is 35.5. The Labute approximate surface area is 181 Å². The van der Waals surface area contributed by atoms with Crippen LogP contribution in [0.2, 0.25) is 5.02 Å². The van der Waals surface area contributed by atoms with Crippen LogP contribution in [0.4, 0.5) is 10.3 Å². The van der Waals surface area contributed by atoms with Gasteiger partial charge in [0.25, 0.3) is 0 Å². The van der Waals surface area contributed by atoms with Gasteiger partial charge in [-0.25, -0.2) is 4.39 Å². The monoisotopic (exact) mass is 432 g/mol. The van der Waals surface area contributed by atoms with E-state index >= 15 is 0 Å². The maximum atomic E-state index is 14.9. The van der Waals surface area contributed by atoms with Gasteiger partial charge in [0.1, 0.15) is 17.6 Å². The van der Waals surface area contributed by atoms with Crippen molar-refractivity contribution in [3.63, 3.8) is 0 Å². The first-order valence-electron chi connectivity index (χ1n) is 9.60. The molecule has 0 unspecified atom stereocenters. The SMILES string of the molecule is Fc1ccccc1[C@@H]1Oc2ccc(Cl)cc2C2=C1[C@@H](c1cccnc1)n1nnnc1N2. The molecular weight excluding hydrogens is 419 g/mol. The maximum absolute atomic E-state index is 14.9. The predicted octanol–water partition coefficient (Wildman–Crippen LogP) is 4.42. The van der Waals surface area contributed by atoms with Crippen LogP contribution in [-0.2, 0) is 0 Å². The Kier molecular flexibility index (Phi) is 4.00. The molecule has 2 atom stereocenters. The molecule has 6 rings (SSSR count). The van der Waals surface area contributed by atoms with E-state index < -0.39 is 12.1 Å². The van der Waals surface area contributed by atoms with Crippen molar-refractivity contribution >= 4 is 23.2 Å². The van der Waals surface area contributed by atoms with Gasteiger partial charge in [0.05, 0.1) is 5.70 Å². The molecule has 7 nitrogen and oxygen atoms in total. The first-order chi connectivity index (χ1) is 15.2. The highest BCUT2D eigenvalue weighted by molar-refractivity contribution is 6.30. The third-order valence-electron chi connectivity index (χ3n) is 5.48. The van der Waals surface area contributed by atoms with Crippen molar-refractivity contribution in [3.05, 3.63) is 100 Å². The molecule has 2 aromatic carbocycles. The molecule has 1 N–H and O–H groups in total. The zero-order valence-electron chi connectivity index (χ0n) is 15.9. The van der Waals surface area contributed by atoms with Gasteiger partial charge in [-0.1, -0.05) is 41.0 Å². The number of aromatic nitrogens is 5. The summed E-state index contributed by atoms with van der Waals surface area (Å²) in [6, 6.07) is 15.3. The number of hydrogen-bond acceptors (Lipinski definition) is 6. The molecule has 2 aromatic heterocycles. The largest absolute Gasteiger partial charge is 0.480 e. The zero-order chi connectivity index (χ0) is 20.9. The number of ether oxygens (including phenoxy) is 1. The van der Waals surface area contributed by atoms with Crippen molar-refractivity contribution in [2.75, 3.05) is 5.32 Å². The first-order valence-corrected chi connectivity index (χ1v) is 9.98. The summed E-state index contributed by atoms with van der Waals surface area (Å²) < 4.78 is 23.0. The summed E-state index contributed by atoms with van der Waals surface area (Å²) in [5.74, 6) is 0.701. The van der Waals surface area contributed by atoms with E-state index in [4.69, 9.17) is 16.3 Å². The molecule has 0 amide bonds. The van der Waals surface area contributed by atoms with Gasteiger partial charge in [-0.15, -0.1) is 0 Å². The molecule has 4 aromatic rings. The second-order valence-electron chi connectivity index (χ2n) is 7.25. The highest BCUT2D eigenvalue weighted by Crippen LogP contribution is 2.51. The van der Waals surface area contributed by atoms with Crippen molar-refractivity contribution in [2.45, 2.75) is 12.1 Å². The van der Waals surface area contributed by atoms with E-state index in [1.165, 1.54) is 6.07 Å². The summed E-state index contributed by atoms with van der Waals surface area (Å²) in [5, 5.41) is 16.0. The number of rotatable bonds is 2. The third-order valence-corrected chi connectivity index (χ3v) is 5.72. The fourth-order valence-corrected chi connectivity index (χ4v) is 4.34. The van der Waals surface area contributed by atoms with Crippen molar-refractivity contribution < 1.29 is 9.13 Å². The van der Waals surface area contributed by atoms with Crippen LogP contribution in [0.3, 0.4) is 0 Å². The number of anilines is 1. The van der Waals surface area contributed by atoms with E-state index in [2.05, 4.69) is 25.8 Å². The Morgan fingerprint density at radius 1 is 1.10 bits per heavy atom. The van der Waals surface area contributed by atoms with Crippen LogP contribution in [0.1, 0.15) is 28.8 Å². The third kappa shape index (κ3) is 2.79. The van der Waals surface area contributed by atoms with Gasteiger partial charge >= 0.3 is 0 Å². The molecule has 0 saturated heterocycles. The Hall–Kier alpha value is -3.78. The van der Waals surface area contributed by atoms with Gasteiger partial charge in [0.15, 0.2) is 6.10 Å². The smallest absolute Gasteiger partial charge is 0.248 e. The van der Waals surface area contributed by atoms with Crippen LogP contribution in [0, 0.1) is 5.82 Å². The molecule has 2 aliphatic rings. The Morgan fingerprint density at radius 2 is 2.00 bits per heavy atom. The van der Waals surface area contributed by atoms with Crippen LogP contribution in [0.5, 0.6) is 5.75 Å². The Morgan fingerprint density at radius 3 is 2.84 bits per heavy atom. The molecule has 0 bridgehead atoms. The average molecular weight is 433 g/mol. The molecule has 152 valence electrons. The van der Waals surface area contributed by atoms with Gasteiger partial charge < -0.3 is 10.1 Å². The van der Waals surface area contributed by atoms with Gasteiger partial charge in [-0.05, 0) is 46.3 Å². The van der Waals surface area contributed by atoms with E-state index in [0.717, 1.165) is 22.4 Å². The number of hydrogen-bond donors (Lipinski definition) is 1. The molecule has 0 radical (unpaired) electrons. The molecule has 0 fully saturated rings. The van der Waals surface area contributed by atoms with Crippen molar-refractivity contribution in [1.29, 1.82) is 0 Å². The maximum Gasteiger partial charge on any atom is 0.248 e. The molecule has 4 heterocycles. The average Bonchev–Trinajstić information content (AvgIpc) is 3.27. The van der Waals surface area contributed by atoms with Crippen LogP contribution in [0.15, 0.2) is 72.6 Å². The summed E-state index contributed by atoms with van der Waals surface area (Å²) in [6.45, 7) is 0.